The number of aliphatic carboxylic acids is 1. The number of carboxylic acids is 1. The summed E-state index contributed by atoms with van der Waals surface area (Å²) in [5, 5.41) is 11.0. The van der Waals surface area contributed by atoms with Gasteiger partial charge in [-0.1, -0.05) is 24.3 Å². The Hall–Kier alpha value is -1.11. The molecule has 6 heteroatoms. The number of benzene rings is 2. The van der Waals surface area contributed by atoms with E-state index in [1.807, 2.05) is 36.4 Å². The van der Waals surface area contributed by atoms with E-state index in [1.165, 1.54) is 0 Å². The van der Waals surface area contributed by atoms with Gasteiger partial charge in [0.15, 0.2) is 0 Å². The summed E-state index contributed by atoms with van der Waals surface area (Å²) in [4.78, 5) is 10.9. The van der Waals surface area contributed by atoms with Crippen LogP contribution in [-0.2, 0) is 4.79 Å². The molecule has 0 amide bonds. The van der Waals surface area contributed by atoms with Crippen molar-refractivity contribution in [1.29, 1.82) is 0 Å². The van der Waals surface area contributed by atoms with Crippen LogP contribution >= 0.6 is 0 Å². The molecule has 0 spiro atoms. The molecule has 0 aliphatic heterocycles. The molecule has 20 heavy (non-hydrogen) atoms. The van der Waals surface area contributed by atoms with E-state index in [2.05, 4.69) is 0 Å². The molecule has 2 aromatic rings. The summed E-state index contributed by atoms with van der Waals surface area (Å²) < 4.78 is 5.14. The standard InChI is InChI=1S/C14H14O3.Na.2H2O.H/c1-9(14(15)16)10-3-4-12-8-13(17-2)6-5-11(12)7-10;;;;/h3-9H,1-2H3,(H,15,16);;2*1H2;/t9-;;;;/m0..../s1. The predicted octanol–water partition coefficient (Wildman–Crippen LogP) is 0.739. The molecule has 0 saturated carbocycles. The van der Waals surface area contributed by atoms with Gasteiger partial charge in [0, 0.05) is 0 Å². The van der Waals surface area contributed by atoms with Crippen LogP contribution in [-0.4, -0.2) is 58.7 Å². The molecular formula is C14H19NaO5. The third-order valence-corrected chi connectivity index (χ3v) is 2.94. The first kappa shape index (κ1) is 21.2. The number of ether oxygens (including phenoxy) is 1. The molecule has 2 rings (SSSR count). The first-order valence-corrected chi connectivity index (χ1v) is 5.42. The van der Waals surface area contributed by atoms with Gasteiger partial charge in [-0.25, -0.2) is 0 Å². The van der Waals surface area contributed by atoms with Crippen LogP contribution in [0.1, 0.15) is 18.4 Å². The second-order valence-electron chi connectivity index (χ2n) is 4.03. The van der Waals surface area contributed by atoms with Gasteiger partial charge in [-0.2, -0.15) is 0 Å². The van der Waals surface area contributed by atoms with Gasteiger partial charge in [-0.15, -0.1) is 0 Å². The Balaban J connectivity index is 0. The van der Waals surface area contributed by atoms with Crippen molar-refractivity contribution in [3.63, 3.8) is 0 Å². The topological polar surface area (TPSA) is 110 Å². The first-order valence-electron chi connectivity index (χ1n) is 5.42. The molecule has 0 fully saturated rings. The number of carbonyl (C=O) groups is 1. The van der Waals surface area contributed by atoms with Gasteiger partial charge in [0.25, 0.3) is 0 Å². The fourth-order valence-corrected chi connectivity index (χ4v) is 1.78. The molecule has 0 aliphatic rings. The molecule has 5 N–H and O–H groups in total. The second kappa shape index (κ2) is 8.94. The van der Waals surface area contributed by atoms with E-state index in [9.17, 15) is 4.79 Å². The number of rotatable bonds is 3. The molecular weight excluding hydrogens is 271 g/mol. The number of hydrogen-bond donors (Lipinski definition) is 1. The van der Waals surface area contributed by atoms with Crippen molar-refractivity contribution in [1.82, 2.24) is 0 Å². The van der Waals surface area contributed by atoms with Crippen LogP contribution in [0.15, 0.2) is 36.4 Å². The number of carboxylic acid groups (broad SMARTS) is 1. The van der Waals surface area contributed by atoms with Gasteiger partial charge in [0.05, 0.1) is 13.0 Å². The summed E-state index contributed by atoms with van der Waals surface area (Å²) in [7, 11) is 1.63. The van der Waals surface area contributed by atoms with E-state index >= 15 is 0 Å². The second-order valence-corrected chi connectivity index (χ2v) is 4.03. The van der Waals surface area contributed by atoms with E-state index in [-0.39, 0.29) is 40.5 Å². The van der Waals surface area contributed by atoms with E-state index < -0.39 is 11.9 Å². The summed E-state index contributed by atoms with van der Waals surface area (Å²) in [5.41, 5.74) is 0.815. The van der Waals surface area contributed by atoms with E-state index in [0.29, 0.717) is 0 Å². The quantitative estimate of drug-likeness (QED) is 0.841. The molecule has 0 unspecified atom stereocenters. The average Bonchev–Trinajstić information content (AvgIpc) is 2.36. The van der Waals surface area contributed by atoms with Crippen LogP contribution in [0.25, 0.3) is 10.8 Å². The number of hydrogen-bond acceptors (Lipinski definition) is 2. The number of fused-ring (bicyclic) bond motifs is 1. The van der Waals surface area contributed by atoms with Gasteiger partial charge in [0.1, 0.15) is 5.75 Å². The van der Waals surface area contributed by atoms with Crippen LogP contribution in [0.3, 0.4) is 0 Å². The molecule has 0 saturated heterocycles. The van der Waals surface area contributed by atoms with Gasteiger partial charge in [-0.3, -0.25) is 4.79 Å². The molecule has 0 aliphatic carbocycles. The van der Waals surface area contributed by atoms with E-state index in [0.717, 1.165) is 22.1 Å². The Morgan fingerprint density at radius 1 is 1.10 bits per heavy atom. The minimum absolute atomic E-state index is 0. The fourth-order valence-electron chi connectivity index (χ4n) is 1.78. The zero-order chi connectivity index (χ0) is 12.4. The molecule has 0 heterocycles. The van der Waals surface area contributed by atoms with Crippen molar-refractivity contribution < 1.29 is 25.6 Å². The third-order valence-electron chi connectivity index (χ3n) is 2.94. The van der Waals surface area contributed by atoms with Gasteiger partial charge in [-0.05, 0) is 35.4 Å². The summed E-state index contributed by atoms with van der Waals surface area (Å²) in [6.07, 6.45) is 0. The fraction of sp³-hybridized carbons (Fsp3) is 0.214. The molecule has 106 valence electrons. The van der Waals surface area contributed by atoms with Crippen LogP contribution in [0.4, 0.5) is 0 Å². The van der Waals surface area contributed by atoms with Crippen LogP contribution in [0.2, 0.25) is 0 Å². The predicted molar refractivity (Wildman–Crippen MR) is 80.9 cm³/mol. The van der Waals surface area contributed by atoms with Gasteiger partial charge < -0.3 is 20.8 Å². The molecule has 5 nitrogen and oxygen atoms in total. The first-order chi connectivity index (χ1) is 8.11. The summed E-state index contributed by atoms with van der Waals surface area (Å²) in [5.74, 6) is -0.490. The number of methoxy groups -OCH3 is 1. The van der Waals surface area contributed by atoms with Gasteiger partial charge in [0.2, 0.25) is 0 Å². The van der Waals surface area contributed by atoms with Crippen molar-refractivity contribution in [2.45, 2.75) is 12.8 Å². The third kappa shape index (κ3) is 4.47. The average molecular weight is 290 g/mol. The zero-order valence-corrected chi connectivity index (χ0v) is 10.8. The van der Waals surface area contributed by atoms with E-state index in [4.69, 9.17) is 9.84 Å². The van der Waals surface area contributed by atoms with Crippen LogP contribution < -0.4 is 4.74 Å². The normalized spacial score (nSPS) is 10.5. The van der Waals surface area contributed by atoms with Crippen molar-refractivity contribution in [2.75, 3.05) is 7.11 Å². The molecule has 0 aromatic heterocycles. The molecule has 2 aromatic carbocycles. The van der Waals surface area contributed by atoms with E-state index in [1.54, 1.807) is 14.0 Å². The maximum atomic E-state index is 10.9. The Kier molecular flexibility index (Phi) is 9.48. The van der Waals surface area contributed by atoms with Crippen LogP contribution in [0, 0.1) is 0 Å². The minimum atomic E-state index is -0.808. The van der Waals surface area contributed by atoms with Crippen molar-refractivity contribution in [2.24, 2.45) is 0 Å². The van der Waals surface area contributed by atoms with Gasteiger partial charge >= 0.3 is 35.5 Å². The summed E-state index contributed by atoms with van der Waals surface area (Å²) in [6, 6.07) is 11.4. The molecule has 0 bridgehead atoms. The molecule has 1 atom stereocenters. The Bertz CT molecular complexity index is 570. The monoisotopic (exact) mass is 290 g/mol. The Morgan fingerprint density at radius 3 is 2.20 bits per heavy atom. The van der Waals surface area contributed by atoms with Crippen molar-refractivity contribution in [3.8, 4) is 5.75 Å². The Labute approximate surface area is 139 Å². The summed E-state index contributed by atoms with van der Waals surface area (Å²) in [6.45, 7) is 1.69. The zero-order valence-electron chi connectivity index (χ0n) is 10.8. The molecule has 0 radical (unpaired) electrons. The summed E-state index contributed by atoms with van der Waals surface area (Å²) >= 11 is 0. The van der Waals surface area contributed by atoms with Crippen molar-refractivity contribution >= 4 is 46.3 Å². The SMILES string of the molecule is COc1ccc2cc([C@H](C)C(=O)O)ccc2c1.O.O.[NaH]. The van der Waals surface area contributed by atoms with Crippen molar-refractivity contribution in [3.05, 3.63) is 42.0 Å². The van der Waals surface area contributed by atoms with Crippen LogP contribution in [0.5, 0.6) is 5.75 Å². The maximum absolute atomic E-state index is 10.9. The Morgan fingerprint density at radius 2 is 1.65 bits per heavy atom.